The van der Waals surface area contributed by atoms with E-state index in [2.05, 4.69) is 26.1 Å². The lowest BCUT2D eigenvalue weighted by Gasteiger charge is -2.19. The van der Waals surface area contributed by atoms with Crippen molar-refractivity contribution in [3.8, 4) is 0 Å². The number of rotatable bonds is 4. The van der Waals surface area contributed by atoms with Crippen LogP contribution in [-0.4, -0.2) is 20.6 Å². The van der Waals surface area contributed by atoms with Crippen LogP contribution < -0.4 is 5.32 Å². The van der Waals surface area contributed by atoms with Gasteiger partial charge < -0.3 is 5.32 Å². The Morgan fingerprint density at radius 1 is 1.04 bits per heavy atom. The molecule has 0 unspecified atom stereocenters. The summed E-state index contributed by atoms with van der Waals surface area (Å²) in [5, 5.41) is 2.84. The summed E-state index contributed by atoms with van der Waals surface area (Å²) in [5.74, 6) is -0.331. The molecule has 0 radical (unpaired) electrons. The highest BCUT2D eigenvalue weighted by molar-refractivity contribution is 7.89. The predicted molar refractivity (Wildman–Crippen MR) is 98.1 cm³/mol. The van der Waals surface area contributed by atoms with Gasteiger partial charge in [0.25, 0.3) is 5.91 Å². The molecule has 2 aromatic rings. The van der Waals surface area contributed by atoms with Gasteiger partial charge in [0.05, 0.1) is 5.75 Å². The molecule has 0 spiro atoms. The number of hydrogen-bond acceptors (Lipinski definition) is 3. The lowest BCUT2D eigenvalue weighted by molar-refractivity contribution is 0.102. The molecular formula is C19H23NO3S. The fourth-order valence-electron chi connectivity index (χ4n) is 2.36. The Morgan fingerprint density at radius 2 is 1.67 bits per heavy atom. The lowest BCUT2D eigenvalue weighted by Crippen LogP contribution is -2.14. The molecule has 0 aliphatic rings. The maximum Gasteiger partial charge on any atom is 0.255 e. The Balaban J connectivity index is 2.14. The zero-order chi connectivity index (χ0) is 18.0. The molecule has 128 valence electrons. The maximum absolute atomic E-state index is 12.4. The van der Waals surface area contributed by atoms with Gasteiger partial charge in [-0.3, -0.25) is 4.79 Å². The summed E-state index contributed by atoms with van der Waals surface area (Å²) in [6.45, 7) is 6.40. The van der Waals surface area contributed by atoms with Crippen LogP contribution in [0.4, 0.5) is 5.69 Å². The van der Waals surface area contributed by atoms with Crippen LogP contribution >= 0.6 is 0 Å². The fourth-order valence-corrected chi connectivity index (χ4v) is 3.15. The van der Waals surface area contributed by atoms with E-state index in [1.807, 2.05) is 24.3 Å². The molecule has 0 fully saturated rings. The van der Waals surface area contributed by atoms with Gasteiger partial charge in [-0.1, -0.05) is 45.0 Å². The van der Waals surface area contributed by atoms with Gasteiger partial charge in [0.1, 0.15) is 0 Å². The molecule has 2 aromatic carbocycles. The van der Waals surface area contributed by atoms with E-state index in [9.17, 15) is 13.2 Å². The predicted octanol–water partition coefficient (Wildman–Crippen LogP) is 3.78. The number of nitrogens with one attached hydrogen (secondary N) is 1. The van der Waals surface area contributed by atoms with Gasteiger partial charge in [0, 0.05) is 17.5 Å². The number of benzene rings is 2. The minimum atomic E-state index is -3.13. The molecule has 0 saturated carbocycles. The summed E-state index contributed by atoms with van der Waals surface area (Å²) >= 11 is 0. The average molecular weight is 345 g/mol. The van der Waals surface area contributed by atoms with Crippen LogP contribution in [0, 0.1) is 0 Å². The van der Waals surface area contributed by atoms with E-state index in [0.717, 1.165) is 0 Å². The van der Waals surface area contributed by atoms with Gasteiger partial charge >= 0.3 is 0 Å². The average Bonchev–Trinajstić information content (AvgIpc) is 2.45. The van der Waals surface area contributed by atoms with Gasteiger partial charge in [-0.05, 0) is 40.8 Å². The first-order chi connectivity index (χ1) is 11.0. The third-order valence-electron chi connectivity index (χ3n) is 3.63. The minimum Gasteiger partial charge on any atom is -0.322 e. The largest absolute Gasteiger partial charge is 0.322 e. The van der Waals surface area contributed by atoms with Crippen LogP contribution in [0.1, 0.15) is 42.3 Å². The van der Waals surface area contributed by atoms with Crippen molar-refractivity contribution in [1.29, 1.82) is 0 Å². The molecule has 0 aliphatic carbocycles. The summed E-state index contributed by atoms with van der Waals surface area (Å²) in [7, 11) is -3.13. The Bertz CT molecular complexity index is 832. The van der Waals surface area contributed by atoms with E-state index in [4.69, 9.17) is 0 Å². The second-order valence-electron chi connectivity index (χ2n) is 7.05. The van der Waals surface area contributed by atoms with Crippen molar-refractivity contribution >= 4 is 21.4 Å². The zero-order valence-corrected chi connectivity index (χ0v) is 15.3. The third kappa shape index (κ3) is 5.20. The molecule has 2 rings (SSSR count). The van der Waals surface area contributed by atoms with E-state index in [-0.39, 0.29) is 17.1 Å². The molecule has 0 aliphatic heterocycles. The Labute approximate surface area is 143 Å². The minimum absolute atomic E-state index is 0.0581. The number of carbonyl (C=O) groups is 1. The van der Waals surface area contributed by atoms with E-state index in [0.29, 0.717) is 16.8 Å². The number of sulfone groups is 1. The molecule has 0 atom stereocenters. The van der Waals surface area contributed by atoms with E-state index >= 15 is 0 Å². The van der Waals surface area contributed by atoms with E-state index < -0.39 is 9.84 Å². The van der Waals surface area contributed by atoms with Crippen molar-refractivity contribution in [3.05, 3.63) is 65.2 Å². The Kier molecular flexibility index (Phi) is 5.13. The molecule has 0 aromatic heterocycles. The van der Waals surface area contributed by atoms with Crippen LogP contribution in [0.3, 0.4) is 0 Å². The van der Waals surface area contributed by atoms with Gasteiger partial charge in [0.2, 0.25) is 0 Å². The fraction of sp³-hybridized carbons (Fsp3) is 0.316. The number of anilines is 1. The smallest absolute Gasteiger partial charge is 0.255 e. The van der Waals surface area contributed by atoms with Gasteiger partial charge in [-0.15, -0.1) is 0 Å². The molecule has 0 bridgehead atoms. The second-order valence-corrected chi connectivity index (χ2v) is 9.19. The highest BCUT2D eigenvalue weighted by Crippen LogP contribution is 2.23. The van der Waals surface area contributed by atoms with Crippen LogP contribution in [0.25, 0.3) is 0 Å². The Hall–Kier alpha value is -2.14. The number of carbonyl (C=O) groups excluding carboxylic acids is 1. The molecular weight excluding hydrogens is 322 g/mol. The summed E-state index contributed by atoms with van der Waals surface area (Å²) in [6, 6.07) is 14.4. The molecule has 0 saturated heterocycles. The first-order valence-electron chi connectivity index (χ1n) is 7.73. The summed E-state index contributed by atoms with van der Waals surface area (Å²) in [4.78, 5) is 12.4. The summed E-state index contributed by atoms with van der Waals surface area (Å²) in [5.41, 5.74) is 3.00. The van der Waals surface area contributed by atoms with Crippen LogP contribution in [-0.2, 0) is 21.0 Å². The van der Waals surface area contributed by atoms with E-state index in [1.165, 1.54) is 11.8 Å². The molecule has 1 N–H and O–H groups in total. The molecule has 1 amide bonds. The van der Waals surface area contributed by atoms with Crippen molar-refractivity contribution < 1.29 is 13.2 Å². The molecule has 24 heavy (non-hydrogen) atoms. The standard InChI is InChI=1S/C19H23NO3S/c1-19(2,3)16-8-10-17(11-9-16)20-18(21)15-7-5-6-14(12-15)13-24(4,22)23/h5-12H,13H2,1-4H3,(H,20,21). The normalized spacial score (nSPS) is 12.0. The lowest BCUT2D eigenvalue weighted by atomic mass is 9.87. The van der Waals surface area contributed by atoms with E-state index in [1.54, 1.807) is 24.3 Å². The first-order valence-corrected chi connectivity index (χ1v) is 9.79. The van der Waals surface area contributed by atoms with Crippen LogP contribution in [0.5, 0.6) is 0 Å². The van der Waals surface area contributed by atoms with Crippen molar-refractivity contribution in [2.45, 2.75) is 31.9 Å². The topological polar surface area (TPSA) is 63.2 Å². The summed E-state index contributed by atoms with van der Waals surface area (Å²) in [6.07, 6.45) is 1.18. The molecule has 5 heteroatoms. The highest BCUT2D eigenvalue weighted by atomic mass is 32.2. The maximum atomic E-state index is 12.4. The highest BCUT2D eigenvalue weighted by Gasteiger charge is 2.14. The number of hydrogen-bond donors (Lipinski definition) is 1. The zero-order valence-electron chi connectivity index (χ0n) is 14.5. The van der Waals surface area contributed by atoms with Gasteiger partial charge in [0.15, 0.2) is 9.84 Å². The van der Waals surface area contributed by atoms with Gasteiger partial charge in [-0.2, -0.15) is 0 Å². The Morgan fingerprint density at radius 3 is 2.21 bits per heavy atom. The van der Waals surface area contributed by atoms with Crippen molar-refractivity contribution in [3.63, 3.8) is 0 Å². The quantitative estimate of drug-likeness (QED) is 0.917. The van der Waals surface area contributed by atoms with Crippen LogP contribution in [0.15, 0.2) is 48.5 Å². The molecule has 4 nitrogen and oxygen atoms in total. The van der Waals surface area contributed by atoms with Crippen molar-refractivity contribution in [1.82, 2.24) is 0 Å². The second kappa shape index (κ2) is 6.77. The molecule has 0 heterocycles. The third-order valence-corrected chi connectivity index (χ3v) is 4.48. The van der Waals surface area contributed by atoms with Gasteiger partial charge in [-0.25, -0.2) is 8.42 Å². The summed E-state index contributed by atoms with van der Waals surface area (Å²) < 4.78 is 22.8. The SMILES string of the molecule is CC(C)(C)c1ccc(NC(=O)c2cccc(CS(C)(=O)=O)c2)cc1. The van der Waals surface area contributed by atoms with Crippen molar-refractivity contribution in [2.75, 3.05) is 11.6 Å². The number of amides is 1. The monoisotopic (exact) mass is 345 g/mol. The first kappa shape index (κ1) is 18.2. The van der Waals surface area contributed by atoms with Crippen LogP contribution in [0.2, 0.25) is 0 Å². The van der Waals surface area contributed by atoms with Crippen molar-refractivity contribution in [2.24, 2.45) is 0 Å².